The second-order valence-electron chi connectivity index (χ2n) is 6.13. The van der Waals surface area contributed by atoms with Crippen LogP contribution in [-0.4, -0.2) is 36.1 Å². The standard InChI is InChI=1S/C17H21N3O2S/c1-13-10-18-11-16(19-13)17-4-3-9-20(17)12-14-5-7-15(8-6-14)23(2,21)22/h5-8,10-11,17H,3-4,9,12H2,1-2H3. The van der Waals surface area contributed by atoms with Gasteiger partial charge in [0.05, 0.1) is 22.3 Å². The number of aryl methyl sites for hydroxylation is 1. The summed E-state index contributed by atoms with van der Waals surface area (Å²) >= 11 is 0. The molecule has 23 heavy (non-hydrogen) atoms. The highest BCUT2D eigenvalue weighted by atomic mass is 32.2. The fourth-order valence-electron chi connectivity index (χ4n) is 3.07. The van der Waals surface area contributed by atoms with E-state index in [2.05, 4.69) is 14.9 Å². The summed E-state index contributed by atoms with van der Waals surface area (Å²) in [6.07, 6.45) is 7.08. The van der Waals surface area contributed by atoms with E-state index >= 15 is 0 Å². The molecule has 0 spiro atoms. The van der Waals surface area contributed by atoms with Gasteiger partial charge in [0, 0.05) is 25.2 Å². The molecule has 1 atom stereocenters. The van der Waals surface area contributed by atoms with Crippen LogP contribution >= 0.6 is 0 Å². The Kier molecular flexibility index (Phi) is 4.46. The van der Waals surface area contributed by atoms with Crippen LogP contribution < -0.4 is 0 Å². The topological polar surface area (TPSA) is 63.2 Å². The van der Waals surface area contributed by atoms with Gasteiger partial charge in [-0.2, -0.15) is 0 Å². The van der Waals surface area contributed by atoms with Gasteiger partial charge in [0.15, 0.2) is 9.84 Å². The summed E-state index contributed by atoms with van der Waals surface area (Å²) in [5.41, 5.74) is 3.08. The molecule has 0 N–H and O–H groups in total. The average Bonchev–Trinajstić information content (AvgIpc) is 2.95. The van der Waals surface area contributed by atoms with Crippen LogP contribution in [0.4, 0.5) is 0 Å². The molecule has 1 fully saturated rings. The zero-order valence-electron chi connectivity index (χ0n) is 13.4. The molecule has 1 aliphatic rings. The van der Waals surface area contributed by atoms with Crippen molar-refractivity contribution in [2.45, 2.75) is 37.2 Å². The van der Waals surface area contributed by atoms with Crippen LogP contribution in [0.2, 0.25) is 0 Å². The lowest BCUT2D eigenvalue weighted by Gasteiger charge is -2.24. The quantitative estimate of drug-likeness (QED) is 0.861. The summed E-state index contributed by atoms with van der Waals surface area (Å²) in [7, 11) is -3.14. The first-order valence-corrected chi connectivity index (χ1v) is 9.64. The SMILES string of the molecule is Cc1cncc(C2CCCN2Cc2ccc(S(C)(=O)=O)cc2)n1. The predicted molar refractivity (Wildman–Crippen MR) is 88.7 cm³/mol. The van der Waals surface area contributed by atoms with Gasteiger partial charge in [-0.3, -0.25) is 14.9 Å². The second kappa shape index (κ2) is 6.37. The fourth-order valence-corrected chi connectivity index (χ4v) is 3.70. The number of benzene rings is 1. The van der Waals surface area contributed by atoms with E-state index in [4.69, 9.17) is 0 Å². The maximum Gasteiger partial charge on any atom is 0.175 e. The molecule has 1 aromatic heterocycles. The van der Waals surface area contributed by atoms with Gasteiger partial charge in [0.2, 0.25) is 0 Å². The van der Waals surface area contributed by atoms with Gasteiger partial charge < -0.3 is 0 Å². The lowest BCUT2D eigenvalue weighted by Crippen LogP contribution is -2.23. The molecule has 1 aromatic carbocycles. The molecular formula is C17H21N3O2S. The van der Waals surface area contributed by atoms with Crippen molar-refractivity contribution in [1.29, 1.82) is 0 Å². The van der Waals surface area contributed by atoms with Crippen molar-refractivity contribution < 1.29 is 8.42 Å². The first-order valence-electron chi connectivity index (χ1n) is 7.75. The van der Waals surface area contributed by atoms with E-state index in [0.29, 0.717) is 4.90 Å². The summed E-state index contributed by atoms with van der Waals surface area (Å²) in [5.74, 6) is 0. The van der Waals surface area contributed by atoms with Crippen molar-refractivity contribution in [1.82, 2.24) is 14.9 Å². The van der Waals surface area contributed by atoms with Gasteiger partial charge in [-0.25, -0.2) is 8.42 Å². The fraction of sp³-hybridized carbons (Fsp3) is 0.412. The minimum atomic E-state index is -3.14. The molecule has 2 heterocycles. The van der Waals surface area contributed by atoms with Crippen LogP contribution in [0.3, 0.4) is 0 Å². The number of hydrogen-bond acceptors (Lipinski definition) is 5. The minimum Gasteiger partial charge on any atom is -0.290 e. The Hall–Kier alpha value is -1.79. The molecule has 0 radical (unpaired) electrons. The van der Waals surface area contributed by atoms with Gasteiger partial charge in [-0.15, -0.1) is 0 Å². The van der Waals surface area contributed by atoms with Crippen LogP contribution in [0.5, 0.6) is 0 Å². The summed E-state index contributed by atoms with van der Waals surface area (Å²) in [6.45, 7) is 3.78. The monoisotopic (exact) mass is 331 g/mol. The molecule has 0 bridgehead atoms. The third-order valence-electron chi connectivity index (χ3n) is 4.22. The second-order valence-corrected chi connectivity index (χ2v) is 8.15. The van der Waals surface area contributed by atoms with E-state index in [-0.39, 0.29) is 6.04 Å². The Balaban J connectivity index is 1.76. The molecule has 3 rings (SSSR count). The third-order valence-corrected chi connectivity index (χ3v) is 5.34. The Morgan fingerprint density at radius 2 is 1.96 bits per heavy atom. The van der Waals surface area contributed by atoms with E-state index in [0.717, 1.165) is 42.9 Å². The number of aromatic nitrogens is 2. The zero-order valence-corrected chi connectivity index (χ0v) is 14.3. The smallest absolute Gasteiger partial charge is 0.175 e. The first-order chi connectivity index (χ1) is 10.9. The highest BCUT2D eigenvalue weighted by Gasteiger charge is 2.27. The van der Waals surface area contributed by atoms with Crippen LogP contribution in [0.1, 0.15) is 35.8 Å². The van der Waals surface area contributed by atoms with Gasteiger partial charge in [0.25, 0.3) is 0 Å². The lowest BCUT2D eigenvalue weighted by atomic mass is 10.1. The molecule has 2 aromatic rings. The largest absolute Gasteiger partial charge is 0.290 e. The Morgan fingerprint density at radius 3 is 2.61 bits per heavy atom. The number of sulfone groups is 1. The number of rotatable bonds is 4. The minimum absolute atomic E-state index is 0.289. The molecule has 0 amide bonds. The normalized spacial score (nSPS) is 19.1. The molecule has 5 nitrogen and oxygen atoms in total. The van der Waals surface area contributed by atoms with Crippen molar-refractivity contribution >= 4 is 9.84 Å². The van der Waals surface area contributed by atoms with Gasteiger partial charge in [0.1, 0.15) is 0 Å². The Bertz CT molecular complexity index is 788. The van der Waals surface area contributed by atoms with Gasteiger partial charge in [-0.1, -0.05) is 12.1 Å². The summed E-state index contributed by atoms with van der Waals surface area (Å²) in [4.78, 5) is 11.6. The number of hydrogen-bond donors (Lipinski definition) is 0. The lowest BCUT2D eigenvalue weighted by molar-refractivity contribution is 0.243. The maximum atomic E-state index is 11.5. The zero-order chi connectivity index (χ0) is 16.4. The van der Waals surface area contributed by atoms with E-state index < -0.39 is 9.84 Å². The average molecular weight is 331 g/mol. The van der Waals surface area contributed by atoms with E-state index in [1.807, 2.05) is 25.3 Å². The van der Waals surface area contributed by atoms with Gasteiger partial charge >= 0.3 is 0 Å². The molecular weight excluding hydrogens is 310 g/mol. The number of likely N-dealkylation sites (tertiary alicyclic amines) is 1. The Labute approximate surface area is 137 Å². The summed E-state index contributed by atoms with van der Waals surface area (Å²) in [5, 5.41) is 0. The van der Waals surface area contributed by atoms with Crippen molar-refractivity contribution in [2.75, 3.05) is 12.8 Å². The summed E-state index contributed by atoms with van der Waals surface area (Å²) < 4.78 is 23.1. The van der Waals surface area contributed by atoms with E-state index in [1.165, 1.54) is 6.26 Å². The van der Waals surface area contributed by atoms with E-state index in [9.17, 15) is 8.42 Å². The first kappa shape index (κ1) is 16.1. The third kappa shape index (κ3) is 3.76. The molecule has 1 unspecified atom stereocenters. The van der Waals surface area contributed by atoms with Crippen LogP contribution in [-0.2, 0) is 16.4 Å². The molecule has 1 aliphatic heterocycles. The maximum absolute atomic E-state index is 11.5. The highest BCUT2D eigenvalue weighted by molar-refractivity contribution is 7.90. The van der Waals surface area contributed by atoms with Gasteiger partial charge in [-0.05, 0) is 44.0 Å². The highest BCUT2D eigenvalue weighted by Crippen LogP contribution is 2.31. The van der Waals surface area contributed by atoms with Crippen molar-refractivity contribution in [2.24, 2.45) is 0 Å². The van der Waals surface area contributed by atoms with Crippen molar-refractivity contribution in [3.63, 3.8) is 0 Å². The van der Waals surface area contributed by atoms with Crippen LogP contribution in [0.15, 0.2) is 41.6 Å². The van der Waals surface area contributed by atoms with Crippen LogP contribution in [0, 0.1) is 6.92 Å². The van der Waals surface area contributed by atoms with Crippen molar-refractivity contribution in [3.8, 4) is 0 Å². The number of nitrogens with zero attached hydrogens (tertiary/aromatic N) is 3. The van der Waals surface area contributed by atoms with Crippen molar-refractivity contribution in [3.05, 3.63) is 53.6 Å². The molecule has 122 valence electrons. The summed E-state index contributed by atoms with van der Waals surface area (Å²) in [6, 6.07) is 7.45. The predicted octanol–water partition coefficient (Wildman–Crippen LogP) is 2.53. The molecule has 0 saturated carbocycles. The van der Waals surface area contributed by atoms with E-state index in [1.54, 1.807) is 18.3 Å². The molecule has 0 aliphatic carbocycles. The van der Waals surface area contributed by atoms with Crippen LogP contribution in [0.25, 0.3) is 0 Å². The Morgan fingerprint density at radius 1 is 1.22 bits per heavy atom. The molecule has 1 saturated heterocycles. The molecule has 6 heteroatoms.